The van der Waals surface area contributed by atoms with Crippen molar-refractivity contribution < 1.29 is 4.39 Å². The molecule has 0 N–H and O–H groups in total. The Balaban J connectivity index is 2.21. The predicted octanol–water partition coefficient (Wildman–Crippen LogP) is 4.71. The molecule has 1 heterocycles. The highest BCUT2D eigenvalue weighted by molar-refractivity contribution is 6.34. The Bertz CT molecular complexity index is 815. The first-order valence-electron chi connectivity index (χ1n) is 6.25. The molecule has 0 saturated heterocycles. The summed E-state index contributed by atoms with van der Waals surface area (Å²) in [7, 11) is 0. The zero-order chi connectivity index (χ0) is 14.3. The lowest BCUT2D eigenvalue weighted by Crippen LogP contribution is -1.93. The Morgan fingerprint density at radius 2 is 1.80 bits per heavy atom. The van der Waals surface area contributed by atoms with Crippen molar-refractivity contribution >= 4 is 22.5 Å². The van der Waals surface area contributed by atoms with Crippen LogP contribution >= 0.6 is 11.6 Å². The van der Waals surface area contributed by atoms with Gasteiger partial charge in [0.1, 0.15) is 11.0 Å². The fraction of sp³-hybridized carbons (Fsp3) is 0.125. The van der Waals surface area contributed by atoms with Gasteiger partial charge in [-0.2, -0.15) is 0 Å². The average molecular weight is 287 g/mol. The minimum atomic E-state index is -0.240. The van der Waals surface area contributed by atoms with Gasteiger partial charge < -0.3 is 0 Å². The van der Waals surface area contributed by atoms with Gasteiger partial charge >= 0.3 is 0 Å². The lowest BCUT2D eigenvalue weighted by molar-refractivity contribution is 0.618. The summed E-state index contributed by atoms with van der Waals surface area (Å²) in [5.74, 6) is 0.269. The first kappa shape index (κ1) is 13.0. The molecule has 1 aromatic heterocycles. The van der Waals surface area contributed by atoms with Crippen molar-refractivity contribution in [1.29, 1.82) is 0 Å². The zero-order valence-corrected chi connectivity index (χ0v) is 11.9. The molecule has 3 rings (SSSR count). The van der Waals surface area contributed by atoms with Crippen molar-refractivity contribution in [2.75, 3.05) is 0 Å². The Hall–Kier alpha value is -2.00. The molecule has 0 spiro atoms. The van der Waals surface area contributed by atoms with Crippen LogP contribution in [-0.4, -0.2) is 9.97 Å². The molecular formula is C16H12ClFN2. The second-order valence-corrected chi connectivity index (χ2v) is 5.18. The van der Waals surface area contributed by atoms with Gasteiger partial charge in [-0.05, 0) is 49.7 Å². The van der Waals surface area contributed by atoms with E-state index in [-0.39, 0.29) is 5.82 Å². The third kappa shape index (κ3) is 2.25. The lowest BCUT2D eigenvalue weighted by Gasteiger charge is -2.06. The number of fused-ring (bicyclic) bond motifs is 1. The maximum Gasteiger partial charge on any atom is 0.161 e. The van der Waals surface area contributed by atoms with Crippen LogP contribution in [0.3, 0.4) is 0 Å². The summed E-state index contributed by atoms with van der Waals surface area (Å²) >= 11 is 6.23. The van der Waals surface area contributed by atoms with Crippen LogP contribution in [-0.2, 0) is 0 Å². The van der Waals surface area contributed by atoms with Crippen molar-refractivity contribution in [3.05, 3.63) is 58.5 Å². The van der Waals surface area contributed by atoms with Gasteiger partial charge in [0.2, 0.25) is 0 Å². The summed E-state index contributed by atoms with van der Waals surface area (Å²) in [6.07, 6.45) is 0. The van der Waals surface area contributed by atoms with E-state index in [1.54, 1.807) is 19.1 Å². The molecule has 0 radical (unpaired) electrons. The number of benzene rings is 2. The molecular weight excluding hydrogens is 275 g/mol. The topological polar surface area (TPSA) is 25.8 Å². The van der Waals surface area contributed by atoms with Gasteiger partial charge in [-0.1, -0.05) is 23.2 Å². The summed E-state index contributed by atoms with van der Waals surface area (Å²) in [5, 5.41) is 1.24. The van der Waals surface area contributed by atoms with E-state index in [0.29, 0.717) is 16.5 Å². The highest BCUT2D eigenvalue weighted by Gasteiger charge is 2.09. The second-order valence-electron chi connectivity index (χ2n) is 4.82. The largest absolute Gasteiger partial charge is 0.228 e. The van der Waals surface area contributed by atoms with Crippen LogP contribution in [0.2, 0.25) is 5.15 Å². The Labute approximate surface area is 121 Å². The van der Waals surface area contributed by atoms with Crippen LogP contribution in [0.15, 0.2) is 36.4 Å². The Morgan fingerprint density at radius 3 is 2.55 bits per heavy atom. The number of aryl methyl sites for hydroxylation is 2. The molecule has 4 heteroatoms. The number of nitrogens with zero attached hydrogens (tertiary/aromatic N) is 2. The van der Waals surface area contributed by atoms with E-state index >= 15 is 0 Å². The molecule has 0 aliphatic rings. The fourth-order valence-corrected chi connectivity index (χ4v) is 2.35. The van der Waals surface area contributed by atoms with Gasteiger partial charge in [0, 0.05) is 10.9 Å². The molecule has 0 atom stereocenters. The molecule has 0 aliphatic heterocycles. The normalized spacial score (nSPS) is 11.0. The molecule has 20 heavy (non-hydrogen) atoms. The summed E-state index contributed by atoms with van der Waals surface area (Å²) in [5.41, 5.74) is 3.21. The maximum absolute atomic E-state index is 13.3. The highest BCUT2D eigenvalue weighted by Crippen LogP contribution is 2.26. The summed E-state index contributed by atoms with van der Waals surface area (Å²) in [6.45, 7) is 3.71. The van der Waals surface area contributed by atoms with Gasteiger partial charge in [-0.3, -0.25) is 0 Å². The number of hydrogen-bond donors (Lipinski definition) is 0. The minimum absolute atomic E-state index is 0.240. The average Bonchev–Trinajstić information content (AvgIpc) is 2.42. The molecule has 2 nitrogen and oxygen atoms in total. The molecule has 0 bridgehead atoms. The van der Waals surface area contributed by atoms with Crippen molar-refractivity contribution in [3.8, 4) is 11.4 Å². The van der Waals surface area contributed by atoms with Crippen LogP contribution in [0, 0.1) is 19.7 Å². The van der Waals surface area contributed by atoms with Gasteiger partial charge in [-0.15, -0.1) is 0 Å². The van der Waals surface area contributed by atoms with Crippen LogP contribution in [0.5, 0.6) is 0 Å². The first-order chi connectivity index (χ1) is 9.54. The molecule has 0 aliphatic carbocycles. The van der Waals surface area contributed by atoms with Crippen LogP contribution in [0.25, 0.3) is 22.3 Å². The van der Waals surface area contributed by atoms with E-state index in [0.717, 1.165) is 22.0 Å². The number of rotatable bonds is 1. The molecule has 0 saturated carbocycles. The standard InChI is InChI=1S/C16H12ClFN2/c1-9-3-6-14-12(7-9)15(17)20-16(19-14)11-4-5-13(18)10(2)8-11/h3-8H,1-2H3. The van der Waals surface area contributed by atoms with Gasteiger partial charge in [0.15, 0.2) is 5.82 Å². The molecule has 100 valence electrons. The summed E-state index contributed by atoms with van der Waals surface area (Å²) in [4.78, 5) is 8.82. The van der Waals surface area contributed by atoms with Crippen LogP contribution in [0.1, 0.15) is 11.1 Å². The van der Waals surface area contributed by atoms with E-state index in [2.05, 4.69) is 9.97 Å². The summed E-state index contributed by atoms with van der Waals surface area (Å²) < 4.78 is 13.3. The third-order valence-electron chi connectivity index (χ3n) is 3.22. The summed E-state index contributed by atoms with van der Waals surface area (Å²) in [6, 6.07) is 10.6. The number of hydrogen-bond acceptors (Lipinski definition) is 2. The fourth-order valence-electron chi connectivity index (χ4n) is 2.12. The first-order valence-corrected chi connectivity index (χ1v) is 6.63. The third-order valence-corrected chi connectivity index (χ3v) is 3.51. The van der Waals surface area contributed by atoms with Crippen molar-refractivity contribution in [2.24, 2.45) is 0 Å². The molecule has 2 aromatic carbocycles. The van der Waals surface area contributed by atoms with E-state index < -0.39 is 0 Å². The molecule has 0 fully saturated rings. The van der Waals surface area contributed by atoms with E-state index in [4.69, 9.17) is 11.6 Å². The zero-order valence-electron chi connectivity index (χ0n) is 11.1. The van der Waals surface area contributed by atoms with Crippen LogP contribution in [0.4, 0.5) is 4.39 Å². The Morgan fingerprint density at radius 1 is 1.00 bits per heavy atom. The Kier molecular flexibility index (Phi) is 3.14. The minimum Gasteiger partial charge on any atom is -0.228 e. The van der Waals surface area contributed by atoms with Gasteiger partial charge in [0.05, 0.1) is 5.52 Å². The molecule has 0 amide bonds. The quantitative estimate of drug-likeness (QED) is 0.606. The van der Waals surface area contributed by atoms with Crippen LogP contribution < -0.4 is 0 Å². The lowest BCUT2D eigenvalue weighted by atomic mass is 10.1. The number of halogens is 2. The predicted molar refractivity (Wildman–Crippen MR) is 79.4 cm³/mol. The van der Waals surface area contributed by atoms with Crippen molar-refractivity contribution in [2.45, 2.75) is 13.8 Å². The monoisotopic (exact) mass is 286 g/mol. The van der Waals surface area contributed by atoms with E-state index in [9.17, 15) is 4.39 Å². The van der Waals surface area contributed by atoms with E-state index in [1.807, 2.05) is 25.1 Å². The highest BCUT2D eigenvalue weighted by atomic mass is 35.5. The number of aromatic nitrogens is 2. The molecule has 0 unspecified atom stereocenters. The van der Waals surface area contributed by atoms with E-state index in [1.165, 1.54) is 6.07 Å². The van der Waals surface area contributed by atoms with Gasteiger partial charge in [-0.25, -0.2) is 14.4 Å². The van der Waals surface area contributed by atoms with Crippen molar-refractivity contribution in [3.63, 3.8) is 0 Å². The maximum atomic E-state index is 13.3. The van der Waals surface area contributed by atoms with Crippen molar-refractivity contribution in [1.82, 2.24) is 9.97 Å². The smallest absolute Gasteiger partial charge is 0.161 e. The second kappa shape index (κ2) is 4.84. The SMILES string of the molecule is Cc1ccc2nc(-c3ccc(F)c(C)c3)nc(Cl)c2c1. The van der Waals surface area contributed by atoms with Gasteiger partial charge in [0.25, 0.3) is 0 Å². The molecule has 3 aromatic rings.